The molecule has 1 aromatic carbocycles. The lowest BCUT2D eigenvalue weighted by Gasteiger charge is -2.07. The lowest BCUT2D eigenvalue weighted by atomic mass is 10.3. The molecule has 0 atom stereocenters. The maximum atomic E-state index is 13.3. The highest BCUT2D eigenvalue weighted by molar-refractivity contribution is 9.10. The molecule has 5 nitrogen and oxygen atoms in total. The molecule has 0 aliphatic rings. The third-order valence-electron chi connectivity index (χ3n) is 2.22. The van der Waals surface area contributed by atoms with Gasteiger partial charge in [0, 0.05) is 19.5 Å². The standard InChI is InChI=1S/C11H14BrFN2O3S/c1-2-14-11(16)5-6-15-19(17,18)8-3-4-9(12)10(13)7-8/h3-4,7,15H,2,5-6H2,1H3,(H,14,16). The molecule has 0 bridgehead atoms. The molecule has 0 heterocycles. The summed E-state index contributed by atoms with van der Waals surface area (Å²) in [6.07, 6.45) is 0.0338. The van der Waals surface area contributed by atoms with Crippen LogP contribution >= 0.6 is 15.9 Å². The van der Waals surface area contributed by atoms with Crippen LogP contribution < -0.4 is 10.0 Å². The van der Waals surface area contributed by atoms with Crippen molar-refractivity contribution in [3.63, 3.8) is 0 Å². The predicted molar refractivity (Wildman–Crippen MR) is 72.6 cm³/mol. The molecule has 19 heavy (non-hydrogen) atoms. The topological polar surface area (TPSA) is 75.3 Å². The zero-order chi connectivity index (χ0) is 14.5. The first kappa shape index (κ1) is 16.1. The zero-order valence-corrected chi connectivity index (χ0v) is 12.6. The summed E-state index contributed by atoms with van der Waals surface area (Å²) in [6.45, 7) is 2.22. The minimum absolute atomic E-state index is 0.0338. The van der Waals surface area contributed by atoms with Gasteiger partial charge in [-0.1, -0.05) is 0 Å². The fourth-order valence-electron chi connectivity index (χ4n) is 1.31. The van der Waals surface area contributed by atoms with E-state index in [-0.39, 0.29) is 28.2 Å². The van der Waals surface area contributed by atoms with Gasteiger partial charge in [0.2, 0.25) is 15.9 Å². The highest BCUT2D eigenvalue weighted by Crippen LogP contribution is 2.19. The zero-order valence-electron chi connectivity index (χ0n) is 10.2. The number of sulfonamides is 1. The lowest BCUT2D eigenvalue weighted by Crippen LogP contribution is -2.30. The largest absolute Gasteiger partial charge is 0.356 e. The van der Waals surface area contributed by atoms with E-state index in [1.165, 1.54) is 12.1 Å². The average molecular weight is 353 g/mol. The van der Waals surface area contributed by atoms with E-state index in [2.05, 4.69) is 26.0 Å². The summed E-state index contributed by atoms with van der Waals surface area (Å²) in [6, 6.07) is 3.51. The molecule has 0 aromatic heterocycles. The van der Waals surface area contributed by atoms with E-state index in [4.69, 9.17) is 0 Å². The fourth-order valence-corrected chi connectivity index (χ4v) is 2.60. The molecule has 1 aromatic rings. The van der Waals surface area contributed by atoms with Gasteiger partial charge in [0.15, 0.2) is 0 Å². The Kier molecular flexibility index (Phi) is 5.89. The second-order valence-electron chi connectivity index (χ2n) is 3.68. The number of carbonyl (C=O) groups excluding carboxylic acids is 1. The molecule has 0 aliphatic heterocycles. The number of halogens is 2. The molecule has 0 aliphatic carbocycles. The summed E-state index contributed by atoms with van der Waals surface area (Å²) in [7, 11) is -3.80. The van der Waals surface area contributed by atoms with E-state index >= 15 is 0 Å². The average Bonchev–Trinajstić information content (AvgIpc) is 2.32. The Bertz CT molecular complexity index is 563. The van der Waals surface area contributed by atoms with Crippen LogP contribution in [-0.4, -0.2) is 27.4 Å². The van der Waals surface area contributed by atoms with E-state index in [1.807, 2.05) is 0 Å². The van der Waals surface area contributed by atoms with Crippen LogP contribution in [0, 0.1) is 5.82 Å². The predicted octanol–water partition coefficient (Wildman–Crippen LogP) is 1.39. The summed E-state index contributed by atoms with van der Waals surface area (Å²) in [5, 5.41) is 2.55. The molecule has 0 unspecified atom stereocenters. The number of benzene rings is 1. The highest BCUT2D eigenvalue weighted by Gasteiger charge is 2.15. The van der Waals surface area contributed by atoms with Crippen LogP contribution in [0.5, 0.6) is 0 Å². The summed E-state index contributed by atoms with van der Waals surface area (Å²) >= 11 is 2.94. The van der Waals surface area contributed by atoms with Crippen LogP contribution in [0.15, 0.2) is 27.6 Å². The Balaban J connectivity index is 2.66. The molecule has 0 saturated heterocycles. The summed E-state index contributed by atoms with van der Waals surface area (Å²) < 4.78 is 39.3. The molecule has 106 valence electrons. The van der Waals surface area contributed by atoms with Gasteiger partial charge >= 0.3 is 0 Å². The van der Waals surface area contributed by atoms with Crippen LogP contribution in [0.3, 0.4) is 0 Å². The van der Waals surface area contributed by atoms with Crippen LogP contribution in [-0.2, 0) is 14.8 Å². The number of hydrogen-bond acceptors (Lipinski definition) is 3. The Morgan fingerprint density at radius 1 is 1.42 bits per heavy atom. The molecule has 0 spiro atoms. The van der Waals surface area contributed by atoms with Crippen LogP contribution in [0.4, 0.5) is 4.39 Å². The number of carbonyl (C=O) groups is 1. The van der Waals surface area contributed by atoms with E-state index in [0.717, 1.165) is 6.07 Å². The maximum Gasteiger partial charge on any atom is 0.240 e. The first-order valence-electron chi connectivity index (χ1n) is 5.58. The van der Waals surface area contributed by atoms with Gasteiger partial charge in [-0.3, -0.25) is 4.79 Å². The fraction of sp³-hybridized carbons (Fsp3) is 0.364. The molecular weight excluding hydrogens is 339 g/mol. The van der Waals surface area contributed by atoms with Crippen molar-refractivity contribution in [3.8, 4) is 0 Å². The van der Waals surface area contributed by atoms with E-state index in [0.29, 0.717) is 6.54 Å². The molecule has 1 amide bonds. The van der Waals surface area contributed by atoms with Crippen molar-refractivity contribution in [2.75, 3.05) is 13.1 Å². The summed E-state index contributed by atoms with van der Waals surface area (Å²) in [5.41, 5.74) is 0. The second kappa shape index (κ2) is 6.97. The molecular formula is C11H14BrFN2O3S. The van der Waals surface area contributed by atoms with E-state index in [9.17, 15) is 17.6 Å². The van der Waals surface area contributed by atoms with Gasteiger partial charge < -0.3 is 5.32 Å². The van der Waals surface area contributed by atoms with Crippen molar-refractivity contribution in [1.29, 1.82) is 0 Å². The van der Waals surface area contributed by atoms with E-state index in [1.54, 1.807) is 6.92 Å². The Hall–Kier alpha value is -0.990. The van der Waals surface area contributed by atoms with Crippen LogP contribution in [0.25, 0.3) is 0 Å². The van der Waals surface area contributed by atoms with Crippen molar-refractivity contribution < 1.29 is 17.6 Å². The molecule has 1 rings (SSSR count). The van der Waals surface area contributed by atoms with Crippen molar-refractivity contribution in [3.05, 3.63) is 28.5 Å². The molecule has 0 fully saturated rings. The number of hydrogen-bond donors (Lipinski definition) is 2. The SMILES string of the molecule is CCNC(=O)CCNS(=O)(=O)c1ccc(Br)c(F)c1. The quantitative estimate of drug-likeness (QED) is 0.812. The van der Waals surface area contributed by atoms with Crippen molar-refractivity contribution in [2.24, 2.45) is 0 Å². The minimum atomic E-state index is -3.80. The van der Waals surface area contributed by atoms with Gasteiger partial charge in [0.05, 0.1) is 9.37 Å². The smallest absolute Gasteiger partial charge is 0.240 e. The molecule has 0 saturated carbocycles. The Morgan fingerprint density at radius 3 is 2.68 bits per heavy atom. The van der Waals surface area contributed by atoms with Crippen LogP contribution in [0.2, 0.25) is 0 Å². The Morgan fingerprint density at radius 2 is 2.11 bits per heavy atom. The van der Waals surface area contributed by atoms with Gasteiger partial charge in [-0.05, 0) is 41.1 Å². The third kappa shape index (κ3) is 4.88. The maximum absolute atomic E-state index is 13.3. The minimum Gasteiger partial charge on any atom is -0.356 e. The van der Waals surface area contributed by atoms with Crippen molar-refractivity contribution >= 4 is 31.9 Å². The summed E-state index contributed by atoms with van der Waals surface area (Å²) in [5.74, 6) is -0.904. The van der Waals surface area contributed by atoms with Gasteiger partial charge in [-0.25, -0.2) is 17.5 Å². The van der Waals surface area contributed by atoms with Crippen molar-refractivity contribution in [1.82, 2.24) is 10.0 Å². The van der Waals surface area contributed by atoms with Crippen LogP contribution in [0.1, 0.15) is 13.3 Å². The Labute approximate surface area is 119 Å². The van der Waals surface area contributed by atoms with Gasteiger partial charge in [0.1, 0.15) is 5.82 Å². The highest BCUT2D eigenvalue weighted by atomic mass is 79.9. The second-order valence-corrected chi connectivity index (χ2v) is 6.30. The first-order chi connectivity index (χ1) is 8.86. The van der Waals surface area contributed by atoms with Gasteiger partial charge in [-0.2, -0.15) is 0 Å². The number of amides is 1. The monoisotopic (exact) mass is 352 g/mol. The lowest BCUT2D eigenvalue weighted by molar-refractivity contribution is -0.120. The third-order valence-corrected chi connectivity index (χ3v) is 4.32. The molecule has 0 radical (unpaired) electrons. The molecule has 8 heteroatoms. The number of nitrogens with one attached hydrogen (secondary N) is 2. The summed E-state index contributed by atoms with van der Waals surface area (Å²) in [4.78, 5) is 11.0. The van der Waals surface area contributed by atoms with Gasteiger partial charge in [0.25, 0.3) is 0 Å². The molecule has 2 N–H and O–H groups in total. The normalized spacial score (nSPS) is 11.3. The van der Waals surface area contributed by atoms with Gasteiger partial charge in [-0.15, -0.1) is 0 Å². The first-order valence-corrected chi connectivity index (χ1v) is 7.86. The van der Waals surface area contributed by atoms with Crippen molar-refractivity contribution in [2.45, 2.75) is 18.2 Å². The number of rotatable bonds is 6. The van der Waals surface area contributed by atoms with E-state index < -0.39 is 15.8 Å².